The fourth-order valence-corrected chi connectivity index (χ4v) is 4.49. The van der Waals surface area contributed by atoms with E-state index in [0.717, 1.165) is 25.0 Å². The van der Waals surface area contributed by atoms with Crippen molar-refractivity contribution in [2.75, 3.05) is 13.1 Å². The van der Waals surface area contributed by atoms with Crippen LogP contribution in [0.1, 0.15) is 19.8 Å². The lowest BCUT2D eigenvalue weighted by molar-refractivity contribution is 0.243. The van der Waals surface area contributed by atoms with E-state index in [9.17, 15) is 12.8 Å². The summed E-state index contributed by atoms with van der Waals surface area (Å²) in [6, 6.07) is 3.27. The van der Waals surface area contributed by atoms with E-state index >= 15 is 0 Å². The first-order valence-corrected chi connectivity index (χ1v) is 8.35. The zero-order valence-corrected chi connectivity index (χ0v) is 12.8. The summed E-state index contributed by atoms with van der Waals surface area (Å²) in [5, 5.41) is -0.0899. The van der Waals surface area contributed by atoms with Crippen molar-refractivity contribution in [1.29, 1.82) is 0 Å². The molecule has 0 saturated carbocycles. The average molecular weight is 321 g/mol. The van der Waals surface area contributed by atoms with Crippen LogP contribution in [-0.4, -0.2) is 31.9 Å². The molecule has 1 aliphatic heterocycles. The Morgan fingerprint density at radius 3 is 2.80 bits per heavy atom. The van der Waals surface area contributed by atoms with Gasteiger partial charge in [-0.15, -0.1) is 0 Å². The van der Waals surface area contributed by atoms with Crippen LogP contribution in [0.2, 0.25) is 5.02 Å². The zero-order valence-electron chi connectivity index (χ0n) is 11.2. The number of halogens is 2. The first-order valence-electron chi connectivity index (χ1n) is 6.53. The van der Waals surface area contributed by atoms with Gasteiger partial charge in [-0.1, -0.05) is 11.6 Å². The molecule has 0 aromatic heterocycles. The van der Waals surface area contributed by atoms with Crippen LogP contribution in [0.5, 0.6) is 0 Å². The number of rotatable bonds is 3. The molecule has 2 atom stereocenters. The fourth-order valence-electron chi connectivity index (χ4n) is 2.44. The van der Waals surface area contributed by atoms with Crippen LogP contribution in [0.15, 0.2) is 23.1 Å². The highest BCUT2D eigenvalue weighted by molar-refractivity contribution is 7.89. The Bertz CT molecular complexity index is 592. The van der Waals surface area contributed by atoms with Crippen molar-refractivity contribution in [3.05, 3.63) is 29.0 Å². The highest BCUT2D eigenvalue weighted by Crippen LogP contribution is 2.29. The number of hydrogen-bond donors (Lipinski definition) is 1. The SMILES string of the molecule is C[C@@H](N)[C@@H]1CCCN(S(=O)(=O)c2ccc(F)cc2Cl)C1. The molecule has 1 aliphatic rings. The Morgan fingerprint density at radius 2 is 2.20 bits per heavy atom. The predicted molar refractivity (Wildman–Crippen MR) is 76.5 cm³/mol. The van der Waals surface area contributed by atoms with Gasteiger partial charge < -0.3 is 5.73 Å². The first-order chi connectivity index (χ1) is 9.32. The van der Waals surface area contributed by atoms with E-state index in [1.54, 1.807) is 0 Å². The monoisotopic (exact) mass is 320 g/mol. The Hall–Kier alpha value is -0.690. The number of hydrogen-bond acceptors (Lipinski definition) is 3. The maximum Gasteiger partial charge on any atom is 0.244 e. The van der Waals surface area contributed by atoms with Gasteiger partial charge in [-0.05, 0) is 43.9 Å². The van der Waals surface area contributed by atoms with E-state index in [0.29, 0.717) is 13.1 Å². The lowest BCUT2D eigenvalue weighted by Crippen LogP contribution is -2.45. The second-order valence-corrected chi connectivity index (χ2v) is 7.51. The van der Waals surface area contributed by atoms with Crippen molar-refractivity contribution >= 4 is 21.6 Å². The molecule has 0 unspecified atom stereocenters. The van der Waals surface area contributed by atoms with E-state index < -0.39 is 15.8 Å². The number of benzene rings is 1. The highest BCUT2D eigenvalue weighted by atomic mass is 35.5. The van der Waals surface area contributed by atoms with Crippen LogP contribution in [-0.2, 0) is 10.0 Å². The minimum absolute atomic E-state index is 0.0501. The molecule has 0 amide bonds. The normalized spacial score (nSPS) is 22.7. The molecule has 112 valence electrons. The molecule has 7 heteroatoms. The smallest absolute Gasteiger partial charge is 0.244 e. The van der Waals surface area contributed by atoms with Gasteiger partial charge in [0.2, 0.25) is 10.0 Å². The second kappa shape index (κ2) is 5.97. The van der Waals surface area contributed by atoms with Crippen LogP contribution in [0.25, 0.3) is 0 Å². The maximum absolute atomic E-state index is 13.0. The molecule has 2 N–H and O–H groups in total. The van der Waals surface area contributed by atoms with Gasteiger partial charge in [0.1, 0.15) is 10.7 Å². The predicted octanol–water partition coefficient (Wildman–Crippen LogP) is 2.23. The van der Waals surface area contributed by atoms with Crippen LogP contribution in [0.4, 0.5) is 4.39 Å². The topological polar surface area (TPSA) is 63.4 Å². The minimum atomic E-state index is -3.70. The molecule has 0 aliphatic carbocycles. The molecule has 0 radical (unpaired) electrons. The molecule has 1 fully saturated rings. The zero-order chi connectivity index (χ0) is 14.9. The quantitative estimate of drug-likeness (QED) is 0.929. The minimum Gasteiger partial charge on any atom is -0.328 e. The number of nitrogens with two attached hydrogens (primary N) is 1. The summed E-state index contributed by atoms with van der Waals surface area (Å²) in [5.41, 5.74) is 5.86. The average Bonchev–Trinajstić information content (AvgIpc) is 2.38. The fraction of sp³-hybridized carbons (Fsp3) is 0.538. The van der Waals surface area contributed by atoms with Crippen molar-refractivity contribution in [2.24, 2.45) is 11.7 Å². The summed E-state index contributed by atoms with van der Waals surface area (Å²) in [6.07, 6.45) is 1.69. The molecule has 1 aromatic rings. The van der Waals surface area contributed by atoms with E-state index in [4.69, 9.17) is 17.3 Å². The van der Waals surface area contributed by atoms with Crippen molar-refractivity contribution in [3.8, 4) is 0 Å². The van der Waals surface area contributed by atoms with E-state index in [1.807, 2.05) is 6.92 Å². The van der Waals surface area contributed by atoms with Crippen LogP contribution in [0, 0.1) is 11.7 Å². The standard InChI is InChI=1S/C13H18ClFN2O2S/c1-9(16)10-3-2-6-17(8-10)20(18,19)13-5-4-11(15)7-12(13)14/h4-5,7,9-10H,2-3,6,8,16H2,1H3/t9-,10-/m1/s1. The second-order valence-electron chi connectivity index (χ2n) is 5.20. The van der Waals surface area contributed by atoms with Gasteiger partial charge in [0.15, 0.2) is 0 Å². The molecule has 4 nitrogen and oxygen atoms in total. The molecule has 20 heavy (non-hydrogen) atoms. The summed E-state index contributed by atoms with van der Waals surface area (Å²) in [7, 11) is -3.70. The number of nitrogens with zero attached hydrogens (tertiary/aromatic N) is 1. The Balaban J connectivity index is 2.30. The van der Waals surface area contributed by atoms with Gasteiger partial charge in [-0.3, -0.25) is 0 Å². The Morgan fingerprint density at radius 1 is 1.50 bits per heavy atom. The molecule has 1 heterocycles. The summed E-state index contributed by atoms with van der Waals surface area (Å²) < 4.78 is 39.6. The van der Waals surface area contributed by atoms with E-state index in [1.165, 1.54) is 10.4 Å². The molecule has 0 bridgehead atoms. The van der Waals surface area contributed by atoms with Gasteiger partial charge in [0.25, 0.3) is 0 Å². The third-order valence-electron chi connectivity index (χ3n) is 3.68. The van der Waals surface area contributed by atoms with E-state index in [2.05, 4.69) is 0 Å². The highest BCUT2D eigenvalue weighted by Gasteiger charge is 2.32. The Labute approximate surface area is 123 Å². The van der Waals surface area contributed by atoms with Gasteiger partial charge in [0.05, 0.1) is 5.02 Å². The van der Waals surface area contributed by atoms with E-state index in [-0.39, 0.29) is 21.9 Å². The van der Waals surface area contributed by atoms with Crippen LogP contribution in [0.3, 0.4) is 0 Å². The van der Waals surface area contributed by atoms with Crippen molar-refractivity contribution in [1.82, 2.24) is 4.31 Å². The lowest BCUT2D eigenvalue weighted by atomic mass is 9.93. The lowest BCUT2D eigenvalue weighted by Gasteiger charge is -2.33. The molecule has 1 saturated heterocycles. The van der Waals surface area contributed by atoms with Gasteiger partial charge in [0, 0.05) is 19.1 Å². The van der Waals surface area contributed by atoms with Crippen molar-refractivity contribution in [3.63, 3.8) is 0 Å². The van der Waals surface area contributed by atoms with Crippen molar-refractivity contribution in [2.45, 2.75) is 30.7 Å². The summed E-state index contributed by atoms with van der Waals surface area (Å²) in [6.45, 7) is 2.71. The Kier molecular flexibility index (Phi) is 4.69. The molecule has 2 rings (SSSR count). The van der Waals surface area contributed by atoms with Crippen LogP contribution < -0.4 is 5.73 Å². The summed E-state index contributed by atoms with van der Waals surface area (Å²) in [5.74, 6) is -0.418. The number of piperidine rings is 1. The maximum atomic E-state index is 13.0. The van der Waals surface area contributed by atoms with Gasteiger partial charge in [-0.2, -0.15) is 4.31 Å². The first kappa shape index (κ1) is 15.7. The third kappa shape index (κ3) is 3.14. The van der Waals surface area contributed by atoms with Gasteiger partial charge >= 0.3 is 0 Å². The molecule has 1 aromatic carbocycles. The molecular formula is C13H18ClFN2O2S. The van der Waals surface area contributed by atoms with Crippen molar-refractivity contribution < 1.29 is 12.8 Å². The van der Waals surface area contributed by atoms with Gasteiger partial charge in [-0.25, -0.2) is 12.8 Å². The summed E-state index contributed by atoms with van der Waals surface area (Å²) in [4.78, 5) is -0.0501. The molecular weight excluding hydrogens is 303 g/mol. The molecule has 0 spiro atoms. The van der Waals surface area contributed by atoms with Crippen LogP contribution >= 0.6 is 11.6 Å². The third-order valence-corrected chi connectivity index (χ3v) is 6.02. The number of sulfonamides is 1. The largest absolute Gasteiger partial charge is 0.328 e. The summed E-state index contributed by atoms with van der Waals surface area (Å²) >= 11 is 5.86.